The van der Waals surface area contributed by atoms with E-state index in [1.165, 1.54) is 11.1 Å². The molecule has 6 heteroatoms. The van der Waals surface area contributed by atoms with Crippen LogP contribution in [0.3, 0.4) is 0 Å². The van der Waals surface area contributed by atoms with E-state index in [9.17, 15) is 4.79 Å². The molecule has 1 aromatic heterocycles. The Morgan fingerprint density at radius 2 is 1.83 bits per heavy atom. The maximum absolute atomic E-state index is 12.1. The summed E-state index contributed by atoms with van der Waals surface area (Å²) in [6.45, 7) is 6.46. The molecule has 30 heavy (non-hydrogen) atoms. The number of aromatic nitrogens is 1. The Morgan fingerprint density at radius 3 is 2.60 bits per heavy atom. The second-order valence-corrected chi connectivity index (χ2v) is 8.69. The quantitative estimate of drug-likeness (QED) is 0.844. The van der Waals surface area contributed by atoms with E-state index >= 15 is 0 Å². The molecule has 5 rings (SSSR count). The Labute approximate surface area is 177 Å². The normalized spacial score (nSPS) is 20.8. The zero-order chi connectivity index (χ0) is 20.8. The molecule has 2 aromatic rings. The third kappa shape index (κ3) is 3.33. The highest BCUT2D eigenvalue weighted by molar-refractivity contribution is 5.99. The zero-order valence-corrected chi connectivity index (χ0v) is 18.0. The summed E-state index contributed by atoms with van der Waals surface area (Å²) in [5, 5.41) is 2.89. The fourth-order valence-corrected chi connectivity index (χ4v) is 5.00. The van der Waals surface area contributed by atoms with Crippen LogP contribution in [0, 0.1) is 13.8 Å². The van der Waals surface area contributed by atoms with Gasteiger partial charge in [-0.1, -0.05) is 6.07 Å². The minimum absolute atomic E-state index is 0.00271. The number of benzene rings is 1. The number of nitrogens with zero attached hydrogens (tertiary/aromatic N) is 2. The predicted molar refractivity (Wildman–Crippen MR) is 115 cm³/mol. The minimum Gasteiger partial charge on any atom is -0.490 e. The number of piperidine rings is 1. The van der Waals surface area contributed by atoms with Gasteiger partial charge in [-0.15, -0.1) is 0 Å². The molecule has 3 heterocycles. The van der Waals surface area contributed by atoms with Crippen molar-refractivity contribution in [3.05, 3.63) is 51.7 Å². The van der Waals surface area contributed by atoms with Gasteiger partial charge in [0.2, 0.25) is 0 Å². The van der Waals surface area contributed by atoms with E-state index in [0.29, 0.717) is 12.6 Å². The maximum atomic E-state index is 12.1. The molecule has 1 aliphatic carbocycles. The highest BCUT2D eigenvalue weighted by Crippen LogP contribution is 2.32. The Bertz CT molecular complexity index is 996. The average Bonchev–Trinajstić information content (AvgIpc) is 3.34. The Morgan fingerprint density at radius 1 is 1.07 bits per heavy atom. The lowest BCUT2D eigenvalue weighted by molar-refractivity contribution is 0.0965. The molecule has 1 atom stereocenters. The van der Waals surface area contributed by atoms with E-state index in [-0.39, 0.29) is 12.0 Å². The van der Waals surface area contributed by atoms with Gasteiger partial charge in [-0.2, -0.15) is 0 Å². The molecule has 0 spiro atoms. The number of fused-ring (bicyclic) bond motifs is 2. The molecule has 0 unspecified atom stereocenters. The summed E-state index contributed by atoms with van der Waals surface area (Å²) >= 11 is 0. The van der Waals surface area contributed by atoms with Crippen molar-refractivity contribution in [1.29, 1.82) is 0 Å². The summed E-state index contributed by atoms with van der Waals surface area (Å²) < 4.78 is 11.8. The number of anilines is 1. The van der Waals surface area contributed by atoms with Gasteiger partial charge >= 0.3 is 0 Å². The van der Waals surface area contributed by atoms with Crippen LogP contribution in [0.2, 0.25) is 0 Å². The Balaban J connectivity index is 1.25. The van der Waals surface area contributed by atoms with E-state index in [1.807, 2.05) is 6.92 Å². The lowest BCUT2D eigenvalue weighted by Crippen LogP contribution is -2.39. The summed E-state index contributed by atoms with van der Waals surface area (Å²) in [4.78, 5) is 19.2. The van der Waals surface area contributed by atoms with Crippen LogP contribution < -0.4 is 15.0 Å². The van der Waals surface area contributed by atoms with Crippen molar-refractivity contribution in [3.63, 3.8) is 0 Å². The molecule has 3 aliphatic rings. The molecule has 2 aliphatic heterocycles. The van der Waals surface area contributed by atoms with Gasteiger partial charge in [-0.25, -0.2) is 4.98 Å². The van der Waals surface area contributed by atoms with Crippen LogP contribution in [-0.2, 0) is 24.1 Å². The summed E-state index contributed by atoms with van der Waals surface area (Å²) in [6, 6.07) is 6.48. The molecule has 1 amide bonds. The lowest BCUT2D eigenvalue weighted by atomic mass is 10.0. The van der Waals surface area contributed by atoms with E-state index in [2.05, 4.69) is 35.3 Å². The third-order valence-electron chi connectivity index (χ3n) is 6.90. The van der Waals surface area contributed by atoms with Gasteiger partial charge < -0.3 is 19.7 Å². The SMILES string of the molecule is CO[C@@H]1Cc2ccc(OC3CCN(c4nc5c(c(C)c4C)C(=O)NC5)CC3)cc2C1. The number of amides is 1. The number of ether oxygens (including phenoxy) is 2. The fourth-order valence-electron chi connectivity index (χ4n) is 5.00. The number of hydrogen-bond donors (Lipinski definition) is 1. The summed E-state index contributed by atoms with van der Waals surface area (Å²) in [5.74, 6) is 1.99. The van der Waals surface area contributed by atoms with E-state index < -0.39 is 0 Å². The van der Waals surface area contributed by atoms with Crippen LogP contribution in [0.25, 0.3) is 0 Å². The van der Waals surface area contributed by atoms with Gasteiger partial charge in [-0.05, 0) is 61.1 Å². The minimum atomic E-state index is 0.00271. The summed E-state index contributed by atoms with van der Waals surface area (Å²) in [6.07, 6.45) is 4.42. The standard InChI is InChI=1S/C24H29N3O3/c1-14-15(2)23(26-21-13-25-24(28)22(14)21)27-8-6-18(7-9-27)30-19-5-4-16-10-20(29-3)12-17(16)11-19/h4-5,11,18,20H,6-10,12-13H2,1-3H3,(H,25,28)/t20-/m1/s1. The number of methoxy groups -OCH3 is 1. The van der Waals surface area contributed by atoms with E-state index in [4.69, 9.17) is 14.5 Å². The van der Waals surface area contributed by atoms with Crippen molar-refractivity contribution in [2.24, 2.45) is 0 Å². The molecule has 158 valence electrons. The number of pyridine rings is 1. The van der Waals surface area contributed by atoms with Crippen molar-refractivity contribution in [2.45, 2.75) is 58.3 Å². The zero-order valence-electron chi connectivity index (χ0n) is 18.0. The first kappa shape index (κ1) is 19.4. The number of rotatable bonds is 4. The van der Waals surface area contributed by atoms with Crippen LogP contribution >= 0.6 is 0 Å². The van der Waals surface area contributed by atoms with Crippen LogP contribution in [0.1, 0.15) is 51.1 Å². The van der Waals surface area contributed by atoms with Crippen molar-refractivity contribution < 1.29 is 14.3 Å². The molecule has 1 N–H and O–H groups in total. The Hall–Kier alpha value is -2.60. The van der Waals surface area contributed by atoms with Gasteiger partial charge in [0.25, 0.3) is 5.91 Å². The second-order valence-electron chi connectivity index (χ2n) is 8.69. The first-order valence-corrected chi connectivity index (χ1v) is 10.9. The summed E-state index contributed by atoms with van der Waals surface area (Å²) in [7, 11) is 1.79. The van der Waals surface area contributed by atoms with Gasteiger partial charge in [-0.3, -0.25) is 4.79 Å². The first-order chi connectivity index (χ1) is 14.5. The smallest absolute Gasteiger partial charge is 0.253 e. The third-order valence-corrected chi connectivity index (χ3v) is 6.90. The molecular formula is C24H29N3O3. The van der Waals surface area contributed by atoms with E-state index in [0.717, 1.165) is 72.7 Å². The number of nitrogens with one attached hydrogen (secondary N) is 1. The number of hydrogen-bond acceptors (Lipinski definition) is 5. The highest BCUT2D eigenvalue weighted by Gasteiger charge is 2.29. The molecule has 0 radical (unpaired) electrons. The molecular weight excluding hydrogens is 378 g/mol. The molecule has 1 fully saturated rings. The molecule has 0 saturated carbocycles. The average molecular weight is 408 g/mol. The van der Waals surface area contributed by atoms with Crippen LogP contribution in [0.4, 0.5) is 5.82 Å². The maximum Gasteiger partial charge on any atom is 0.253 e. The van der Waals surface area contributed by atoms with Crippen molar-refractivity contribution in [1.82, 2.24) is 10.3 Å². The number of carbonyl (C=O) groups is 1. The van der Waals surface area contributed by atoms with E-state index in [1.54, 1.807) is 7.11 Å². The molecule has 6 nitrogen and oxygen atoms in total. The summed E-state index contributed by atoms with van der Waals surface area (Å²) in [5.41, 5.74) is 6.54. The topological polar surface area (TPSA) is 63.7 Å². The molecule has 1 saturated heterocycles. The molecule has 0 bridgehead atoms. The van der Waals surface area contributed by atoms with Crippen molar-refractivity contribution in [2.75, 3.05) is 25.1 Å². The number of carbonyl (C=O) groups excluding carboxylic acids is 1. The van der Waals surface area contributed by atoms with Crippen molar-refractivity contribution in [3.8, 4) is 5.75 Å². The predicted octanol–water partition coefficient (Wildman–Crippen LogP) is 3.10. The van der Waals surface area contributed by atoms with Gasteiger partial charge in [0.1, 0.15) is 17.7 Å². The van der Waals surface area contributed by atoms with Gasteiger partial charge in [0.15, 0.2) is 0 Å². The second kappa shape index (κ2) is 7.58. The first-order valence-electron chi connectivity index (χ1n) is 10.9. The van der Waals surface area contributed by atoms with Crippen LogP contribution in [0.5, 0.6) is 5.75 Å². The largest absolute Gasteiger partial charge is 0.490 e. The monoisotopic (exact) mass is 407 g/mol. The van der Waals surface area contributed by atoms with Crippen LogP contribution in [0.15, 0.2) is 18.2 Å². The van der Waals surface area contributed by atoms with Crippen LogP contribution in [-0.4, -0.2) is 43.3 Å². The van der Waals surface area contributed by atoms with Crippen molar-refractivity contribution >= 4 is 11.7 Å². The Kier molecular flexibility index (Phi) is 4.89. The van der Waals surface area contributed by atoms with Gasteiger partial charge in [0.05, 0.1) is 23.9 Å². The highest BCUT2D eigenvalue weighted by atomic mass is 16.5. The fraction of sp³-hybridized carbons (Fsp3) is 0.500. The molecule has 1 aromatic carbocycles. The lowest BCUT2D eigenvalue weighted by Gasteiger charge is -2.34. The van der Waals surface area contributed by atoms with Gasteiger partial charge in [0, 0.05) is 33.0 Å².